The first-order valence-electron chi connectivity index (χ1n) is 3.54. The molecule has 1 atom stereocenters. The van der Waals surface area contributed by atoms with Gasteiger partial charge in [-0.2, -0.15) is 8.42 Å². The average molecular weight is 232 g/mol. The SMILES string of the molecule is C=C(C)C(=O)OCC(C)S(=O)(=O)O.[H-].[Na+]. The summed E-state index contributed by atoms with van der Waals surface area (Å²) in [6.45, 7) is 5.62. The molecule has 1 N–H and O–H groups in total. The fraction of sp³-hybridized carbons (Fsp3) is 0.571. The molecule has 0 saturated heterocycles. The zero-order valence-corrected chi connectivity index (χ0v) is 11.3. The quantitative estimate of drug-likeness (QED) is 0.251. The van der Waals surface area contributed by atoms with Gasteiger partial charge in [0.05, 0.1) is 0 Å². The van der Waals surface area contributed by atoms with Crippen molar-refractivity contribution in [1.29, 1.82) is 0 Å². The second kappa shape index (κ2) is 6.58. The zero-order chi connectivity index (χ0) is 10.6. The fourth-order valence-electron chi connectivity index (χ4n) is 0.402. The average Bonchev–Trinajstić information content (AvgIpc) is 1.97. The molecule has 78 valence electrons. The summed E-state index contributed by atoms with van der Waals surface area (Å²) >= 11 is 0. The number of rotatable bonds is 4. The van der Waals surface area contributed by atoms with Crippen LogP contribution in [-0.4, -0.2) is 30.8 Å². The molecule has 0 aliphatic heterocycles. The maximum atomic E-state index is 10.8. The van der Waals surface area contributed by atoms with Gasteiger partial charge in [-0.3, -0.25) is 4.55 Å². The maximum absolute atomic E-state index is 10.8. The molecule has 0 fully saturated rings. The predicted molar refractivity (Wildman–Crippen MR) is 47.9 cm³/mol. The summed E-state index contributed by atoms with van der Waals surface area (Å²) in [4.78, 5) is 10.8. The summed E-state index contributed by atoms with van der Waals surface area (Å²) in [7, 11) is -4.13. The number of ether oxygens (including phenoxy) is 1. The first-order chi connectivity index (χ1) is 5.75. The fourth-order valence-corrected chi connectivity index (χ4v) is 0.642. The van der Waals surface area contributed by atoms with E-state index in [4.69, 9.17) is 4.55 Å². The molecular formula is C7H13NaO5S. The Labute approximate surface area is 107 Å². The molecule has 0 aliphatic rings. The van der Waals surface area contributed by atoms with Gasteiger partial charge in [-0.05, 0) is 13.8 Å². The van der Waals surface area contributed by atoms with E-state index in [1.54, 1.807) is 0 Å². The summed E-state index contributed by atoms with van der Waals surface area (Å²) in [6, 6.07) is 0. The Bertz CT molecular complexity index is 313. The molecule has 0 amide bonds. The molecule has 0 spiro atoms. The van der Waals surface area contributed by atoms with E-state index < -0.39 is 21.3 Å². The number of carbonyl (C=O) groups is 1. The van der Waals surface area contributed by atoms with E-state index >= 15 is 0 Å². The molecule has 0 aliphatic carbocycles. The Kier molecular flexibility index (Phi) is 7.77. The van der Waals surface area contributed by atoms with Crippen LogP contribution in [0.2, 0.25) is 0 Å². The van der Waals surface area contributed by atoms with Crippen molar-refractivity contribution >= 4 is 16.1 Å². The minimum Gasteiger partial charge on any atom is -1.00 e. The molecular weight excluding hydrogens is 219 g/mol. The molecule has 0 saturated carbocycles. The molecule has 0 rings (SSSR count). The van der Waals surface area contributed by atoms with E-state index in [1.807, 2.05) is 0 Å². The van der Waals surface area contributed by atoms with Crippen LogP contribution in [0.25, 0.3) is 0 Å². The van der Waals surface area contributed by atoms with E-state index in [9.17, 15) is 13.2 Å². The molecule has 0 aromatic carbocycles. The topological polar surface area (TPSA) is 80.7 Å². The van der Waals surface area contributed by atoms with Crippen LogP contribution in [0.1, 0.15) is 15.3 Å². The van der Waals surface area contributed by atoms with Gasteiger partial charge >= 0.3 is 35.5 Å². The summed E-state index contributed by atoms with van der Waals surface area (Å²) < 4.78 is 33.9. The van der Waals surface area contributed by atoms with Crippen LogP contribution < -0.4 is 29.6 Å². The largest absolute Gasteiger partial charge is 1.00 e. The molecule has 1 unspecified atom stereocenters. The van der Waals surface area contributed by atoms with E-state index in [-0.39, 0.29) is 43.2 Å². The van der Waals surface area contributed by atoms with Gasteiger partial charge in [-0.25, -0.2) is 4.79 Å². The van der Waals surface area contributed by atoms with Crippen molar-refractivity contribution in [2.75, 3.05) is 6.61 Å². The Morgan fingerprint density at radius 1 is 1.64 bits per heavy atom. The van der Waals surface area contributed by atoms with Crippen molar-refractivity contribution in [3.8, 4) is 0 Å². The van der Waals surface area contributed by atoms with Crippen molar-refractivity contribution in [2.45, 2.75) is 19.1 Å². The minimum atomic E-state index is -4.13. The number of hydrogen-bond acceptors (Lipinski definition) is 4. The van der Waals surface area contributed by atoms with Crippen molar-refractivity contribution < 1.29 is 53.5 Å². The monoisotopic (exact) mass is 232 g/mol. The first-order valence-corrected chi connectivity index (χ1v) is 5.04. The molecule has 0 radical (unpaired) electrons. The summed E-state index contributed by atoms with van der Waals surface area (Å²) in [6.07, 6.45) is 0. The standard InChI is InChI=1S/C7H12O5S.Na.H/c1-5(2)7(8)12-4-6(3)13(9,10)11;;/h6H,1,4H2,2-3H3,(H,9,10,11);;/q;+1;-1. The van der Waals surface area contributed by atoms with E-state index in [0.717, 1.165) is 0 Å². The summed E-state index contributed by atoms with van der Waals surface area (Å²) in [5.74, 6) is -0.671. The van der Waals surface area contributed by atoms with Gasteiger partial charge in [0.25, 0.3) is 10.1 Å². The Morgan fingerprint density at radius 2 is 2.07 bits per heavy atom. The number of carbonyl (C=O) groups excluding carboxylic acids is 1. The van der Waals surface area contributed by atoms with Crippen LogP contribution in [0.4, 0.5) is 0 Å². The van der Waals surface area contributed by atoms with Crippen LogP contribution >= 0.6 is 0 Å². The smallest absolute Gasteiger partial charge is 1.00 e. The Morgan fingerprint density at radius 3 is 2.36 bits per heavy atom. The van der Waals surface area contributed by atoms with Gasteiger partial charge in [0, 0.05) is 5.57 Å². The third-order valence-corrected chi connectivity index (χ3v) is 2.46. The van der Waals surface area contributed by atoms with Gasteiger partial charge in [-0.1, -0.05) is 6.58 Å². The summed E-state index contributed by atoms with van der Waals surface area (Å²) in [5, 5.41) is -1.12. The molecule has 0 bridgehead atoms. The van der Waals surface area contributed by atoms with Crippen molar-refractivity contribution in [3.63, 3.8) is 0 Å². The van der Waals surface area contributed by atoms with Crippen molar-refractivity contribution in [2.24, 2.45) is 0 Å². The van der Waals surface area contributed by atoms with Crippen LogP contribution in [0.5, 0.6) is 0 Å². The van der Waals surface area contributed by atoms with Crippen LogP contribution in [-0.2, 0) is 19.6 Å². The van der Waals surface area contributed by atoms with E-state index in [2.05, 4.69) is 11.3 Å². The Hall–Kier alpha value is 0.120. The van der Waals surface area contributed by atoms with Crippen LogP contribution in [0.3, 0.4) is 0 Å². The van der Waals surface area contributed by atoms with Gasteiger partial charge in [-0.15, -0.1) is 0 Å². The number of esters is 1. The maximum Gasteiger partial charge on any atom is 1.00 e. The van der Waals surface area contributed by atoms with Crippen LogP contribution in [0.15, 0.2) is 12.2 Å². The third-order valence-electron chi connectivity index (χ3n) is 1.31. The molecule has 0 aromatic rings. The molecule has 5 nitrogen and oxygen atoms in total. The second-order valence-corrected chi connectivity index (χ2v) is 4.54. The molecule has 0 heterocycles. The predicted octanol–water partition coefficient (Wildman–Crippen LogP) is -2.50. The molecule has 14 heavy (non-hydrogen) atoms. The normalized spacial score (nSPS) is 12.5. The Balaban J connectivity index is -0.000000720. The number of hydrogen-bond donors (Lipinski definition) is 1. The summed E-state index contributed by atoms with van der Waals surface area (Å²) in [5.41, 5.74) is 0.183. The minimum absolute atomic E-state index is 0. The van der Waals surface area contributed by atoms with Gasteiger partial charge in [0.15, 0.2) is 0 Å². The van der Waals surface area contributed by atoms with Crippen LogP contribution in [0, 0.1) is 0 Å². The van der Waals surface area contributed by atoms with Crippen molar-refractivity contribution in [1.82, 2.24) is 0 Å². The third kappa shape index (κ3) is 6.56. The molecule has 0 aromatic heterocycles. The van der Waals surface area contributed by atoms with Gasteiger partial charge in [0.2, 0.25) is 0 Å². The van der Waals surface area contributed by atoms with Gasteiger partial charge in [0.1, 0.15) is 11.9 Å². The molecule has 7 heteroatoms. The first kappa shape index (κ1) is 16.5. The second-order valence-electron chi connectivity index (χ2n) is 2.70. The zero-order valence-electron chi connectivity index (χ0n) is 9.48. The van der Waals surface area contributed by atoms with E-state index in [1.165, 1.54) is 13.8 Å². The van der Waals surface area contributed by atoms with E-state index in [0.29, 0.717) is 0 Å². The van der Waals surface area contributed by atoms with Crippen molar-refractivity contribution in [3.05, 3.63) is 12.2 Å². The van der Waals surface area contributed by atoms with Gasteiger partial charge < -0.3 is 6.16 Å².